The predicted molar refractivity (Wildman–Crippen MR) is 69.9 cm³/mol. The van der Waals surface area contributed by atoms with Gasteiger partial charge in [0.2, 0.25) is 5.91 Å². The molecule has 4 heteroatoms. The predicted octanol–water partition coefficient (Wildman–Crippen LogP) is 1.97. The van der Waals surface area contributed by atoms with Crippen molar-refractivity contribution in [1.29, 1.82) is 0 Å². The highest BCUT2D eigenvalue weighted by Crippen LogP contribution is 2.29. The molecule has 0 spiro atoms. The van der Waals surface area contributed by atoms with Crippen LogP contribution in [-0.4, -0.2) is 18.0 Å². The summed E-state index contributed by atoms with van der Waals surface area (Å²) in [6, 6.07) is 9.79. The molecule has 1 heterocycles. The van der Waals surface area contributed by atoms with Crippen LogP contribution in [0.3, 0.4) is 0 Å². The Labute approximate surface area is 106 Å². The second kappa shape index (κ2) is 4.74. The molecule has 0 radical (unpaired) electrons. The molecule has 1 amide bonds. The number of hydrogen-bond donors (Lipinski definition) is 1. The number of carbonyl (C=O) groups is 1. The van der Waals surface area contributed by atoms with Crippen molar-refractivity contribution < 1.29 is 9.53 Å². The number of ether oxygens (including phenoxy) is 1. The second-order valence-corrected chi connectivity index (χ2v) is 4.49. The SMILES string of the molecule is COC(C)(CC(N)=O)c1cnc2ccccc2c1. The lowest BCUT2D eigenvalue weighted by Crippen LogP contribution is -2.31. The van der Waals surface area contributed by atoms with E-state index in [1.165, 1.54) is 0 Å². The summed E-state index contributed by atoms with van der Waals surface area (Å²) < 4.78 is 5.44. The van der Waals surface area contributed by atoms with Gasteiger partial charge in [0.25, 0.3) is 0 Å². The average Bonchev–Trinajstić information content (AvgIpc) is 2.37. The number of hydrogen-bond acceptors (Lipinski definition) is 3. The van der Waals surface area contributed by atoms with E-state index in [2.05, 4.69) is 4.98 Å². The van der Waals surface area contributed by atoms with E-state index in [1.54, 1.807) is 13.3 Å². The third-order valence-electron chi connectivity index (χ3n) is 3.16. The minimum Gasteiger partial charge on any atom is -0.373 e. The lowest BCUT2D eigenvalue weighted by molar-refractivity contribution is -0.124. The fraction of sp³-hybridized carbons (Fsp3) is 0.286. The first-order valence-corrected chi connectivity index (χ1v) is 5.74. The van der Waals surface area contributed by atoms with Gasteiger partial charge in [-0.25, -0.2) is 0 Å². The highest BCUT2D eigenvalue weighted by atomic mass is 16.5. The van der Waals surface area contributed by atoms with E-state index in [0.717, 1.165) is 16.5 Å². The molecule has 0 bridgehead atoms. The number of primary amides is 1. The molecular weight excluding hydrogens is 228 g/mol. The van der Waals surface area contributed by atoms with Crippen molar-refractivity contribution in [3.05, 3.63) is 42.1 Å². The topological polar surface area (TPSA) is 65.2 Å². The number of fused-ring (bicyclic) bond motifs is 1. The van der Waals surface area contributed by atoms with Crippen molar-refractivity contribution in [2.24, 2.45) is 5.73 Å². The van der Waals surface area contributed by atoms with Crippen LogP contribution >= 0.6 is 0 Å². The van der Waals surface area contributed by atoms with Crippen molar-refractivity contribution >= 4 is 16.8 Å². The number of methoxy groups -OCH3 is 1. The normalized spacial score (nSPS) is 14.3. The number of rotatable bonds is 4. The smallest absolute Gasteiger partial charge is 0.220 e. The van der Waals surface area contributed by atoms with Crippen LogP contribution in [-0.2, 0) is 15.1 Å². The number of para-hydroxylation sites is 1. The van der Waals surface area contributed by atoms with Gasteiger partial charge < -0.3 is 10.5 Å². The Balaban J connectivity index is 2.48. The minimum atomic E-state index is -0.733. The van der Waals surface area contributed by atoms with Gasteiger partial charge in [0, 0.05) is 24.3 Å². The van der Waals surface area contributed by atoms with Gasteiger partial charge >= 0.3 is 0 Å². The first-order valence-electron chi connectivity index (χ1n) is 5.74. The summed E-state index contributed by atoms with van der Waals surface area (Å²) in [4.78, 5) is 15.5. The Hall–Kier alpha value is -1.94. The van der Waals surface area contributed by atoms with Crippen LogP contribution < -0.4 is 5.73 Å². The molecule has 2 aromatic rings. The molecule has 4 nitrogen and oxygen atoms in total. The summed E-state index contributed by atoms with van der Waals surface area (Å²) in [6.45, 7) is 1.84. The molecule has 1 atom stereocenters. The van der Waals surface area contributed by atoms with Gasteiger partial charge in [-0.15, -0.1) is 0 Å². The van der Waals surface area contributed by atoms with Crippen molar-refractivity contribution in [1.82, 2.24) is 4.98 Å². The van der Waals surface area contributed by atoms with Gasteiger partial charge in [-0.1, -0.05) is 18.2 Å². The van der Waals surface area contributed by atoms with E-state index in [0.29, 0.717) is 0 Å². The number of carbonyl (C=O) groups excluding carboxylic acids is 1. The van der Waals surface area contributed by atoms with Crippen LogP contribution in [0.2, 0.25) is 0 Å². The van der Waals surface area contributed by atoms with Gasteiger partial charge in [-0.3, -0.25) is 9.78 Å². The number of pyridine rings is 1. The molecular formula is C14H16N2O2. The standard InChI is InChI=1S/C14H16N2O2/c1-14(18-2,8-13(15)17)11-7-10-5-3-4-6-12(10)16-9-11/h3-7,9H,8H2,1-2H3,(H2,15,17). The molecule has 0 saturated heterocycles. The average molecular weight is 244 g/mol. The van der Waals surface area contributed by atoms with Crippen LogP contribution in [0.4, 0.5) is 0 Å². The number of amides is 1. The summed E-state index contributed by atoms with van der Waals surface area (Å²) in [5.41, 5.74) is 6.30. The maximum atomic E-state index is 11.1. The van der Waals surface area contributed by atoms with E-state index < -0.39 is 11.5 Å². The van der Waals surface area contributed by atoms with E-state index in [1.807, 2.05) is 37.3 Å². The number of benzene rings is 1. The summed E-state index contributed by atoms with van der Waals surface area (Å²) in [7, 11) is 1.57. The maximum Gasteiger partial charge on any atom is 0.220 e. The lowest BCUT2D eigenvalue weighted by Gasteiger charge is -2.27. The number of nitrogens with two attached hydrogens (primary N) is 1. The zero-order chi connectivity index (χ0) is 13.2. The molecule has 0 aliphatic rings. The summed E-state index contributed by atoms with van der Waals surface area (Å²) in [6.07, 6.45) is 1.86. The van der Waals surface area contributed by atoms with Gasteiger partial charge in [0.1, 0.15) is 5.60 Å². The number of aromatic nitrogens is 1. The van der Waals surface area contributed by atoms with Crippen LogP contribution in [0, 0.1) is 0 Å². The Bertz CT molecular complexity index is 583. The molecule has 94 valence electrons. The maximum absolute atomic E-state index is 11.1. The molecule has 2 rings (SSSR count). The molecule has 0 aliphatic carbocycles. The van der Waals surface area contributed by atoms with Gasteiger partial charge in [-0.2, -0.15) is 0 Å². The van der Waals surface area contributed by atoms with E-state index in [9.17, 15) is 4.79 Å². The molecule has 1 aromatic heterocycles. The monoisotopic (exact) mass is 244 g/mol. The van der Waals surface area contributed by atoms with Gasteiger partial charge in [0.05, 0.1) is 11.9 Å². The third kappa shape index (κ3) is 2.33. The van der Waals surface area contributed by atoms with Crippen molar-refractivity contribution in [2.75, 3.05) is 7.11 Å². The molecule has 0 fully saturated rings. The van der Waals surface area contributed by atoms with Crippen LogP contribution in [0.15, 0.2) is 36.5 Å². The Morgan fingerprint density at radius 3 is 2.83 bits per heavy atom. The second-order valence-electron chi connectivity index (χ2n) is 4.49. The van der Waals surface area contributed by atoms with Gasteiger partial charge in [-0.05, 0) is 19.1 Å². The zero-order valence-electron chi connectivity index (χ0n) is 10.5. The van der Waals surface area contributed by atoms with E-state index in [4.69, 9.17) is 10.5 Å². The fourth-order valence-corrected chi connectivity index (χ4v) is 1.98. The van der Waals surface area contributed by atoms with Crippen LogP contribution in [0.25, 0.3) is 10.9 Å². The first kappa shape index (κ1) is 12.5. The molecule has 0 saturated carbocycles. The van der Waals surface area contributed by atoms with Gasteiger partial charge in [0.15, 0.2) is 0 Å². The van der Waals surface area contributed by atoms with Crippen molar-refractivity contribution in [3.63, 3.8) is 0 Å². The highest BCUT2D eigenvalue weighted by Gasteiger charge is 2.29. The summed E-state index contributed by atoms with van der Waals surface area (Å²) >= 11 is 0. The Morgan fingerprint density at radius 1 is 1.44 bits per heavy atom. The fourth-order valence-electron chi connectivity index (χ4n) is 1.98. The Morgan fingerprint density at radius 2 is 2.17 bits per heavy atom. The summed E-state index contributed by atoms with van der Waals surface area (Å²) in [5, 5.41) is 1.02. The highest BCUT2D eigenvalue weighted by molar-refractivity contribution is 5.80. The van der Waals surface area contributed by atoms with Crippen molar-refractivity contribution in [2.45, 2.75) is 18.9 Å². The summed E-state index contributed by atoms with van der Waals surface area (Å²) in [5.74, 6) is -0.396. The van der Waals surface area contributed by atoms with Crippen LogP contribution in [0.5, 0.6) is 0 Å². The molecule has 1 aromatic carbocycles. The van der Waals surface area contributed by atoms with E-state index >= 15 is 0 Å². The Kier molecular flexibility index (Phi) is 3.30. The van der Waals surface area contributed by atoms with Crippen LogP contribution in [0.1, 0.15) is 18.9 Å². The minimum absolute atomic E-state index is 0.128. The molecule has 18 heavy (non-hydrogen) atoms. The molecule has 1 unspecified atom stereocenters. The quantitative estimate of drug-likeness (QED) is 0.894. The lowest BCUT2D eigenvalue weighted by atomic mass is 9.92. The third-order valence-corrected chi connectivity index (χ3v) is 3.16. The number of nitrogens with zero attached hydrogens (tertiary/aromatic N) is 1. The zero-order valence-corrected chi connectivity index (χ0v) is 10.5. The van der Waals surface area contributed by atoms with E-state index in [-0.39, 0.29) is 6.42 Å². The van der Waals surface area contributed by atoms with Crippen molar-refractivity contribution in [3.8, 4) is 0 Å². The first-order chi connectivity index (χ1) is 8.55. The molecule has 0 aliphatic heterocycles. The largest absolute Gasteiger partial charge is 0.373 e. The molecule has 2 N–H and O–H groups in total.